The zero-order chi connectivity index (χ0) is 11.8. The molecule has 2 heterocycles. The lowest BCUT2D eigenvalue weighted by molar-refractivity contribution is 0.813. The number of H-pyrrole nitrogens is 2. The first-order valence-electron chi connectivity index (χ1n) is 5.24. The van der Waals surface area contributed by atoms with E-state index in [-0.39, 0.29) is 0 Å². The van der Waals surface area contributed by atoms with Crippen LogP contribution in [0.2, 0.25) is 5.02 Å². The number of para-hydroxylation sites is 1. The average Bonchev–Trinajstić information content (AvgIpc) is 2.88. The van der Waals surface area contributed by atoms with Crippen LogP contribution in [0.15, 0.2) is 36.7 Å². The van der Waals surface area contributed by atoms with E-state index in [0.29, 0.717) is 4.77 Å². The highest BCUT2D eigenvalue weighted by molar-refractivity contribution is 7.71. The minimum Gasteiger partial charge on any atom is -0.340 e. The van der Waals surface area contributed by atoms with E-state index >= 15 is 0 Å². The number of aromatic nitrogens is 3. The zero-order valence-corrected chi connectivity index (χ0v) is 10.5. The number of fused-ring (bicyclic) bond motifs is 1. The number of aromatic amines is 2. The number of hydrogen-bond donors (Lipinski definition) is 2. The van der Waals surface area contributed by atoms with Crippen molar-refractivity contribution in [3.63, 3.8) is 0 Å². The van der Waals surface area contributed by atoms with Gasteiger partial charge in [-0.2, -0.15) is 0 Å². The quantitative estimate of drug-likeness (QED) is 0.679. The largest absolute Gasteiger partial charge is 0.340 e. The molecule has 0 saturated heterocycles. The number of imidazole rings is 1. The van der Waals surface area contributed by atoms with Crippen LogP contribution in [-0.2, 0) is 6.54 Å². The molecule has 3 rings (SSSR count). The molecule has 0 spiro atoms. The molecule has 1 aromatic carbocycles. The van der Waals surface area contributed by atoms with Gasteiger partial charge < -0.3 is 14.5 Å². The third-order valence-electron chi connectivity index (χ3n) is 2.73. The normalized spacial score (nSPS) is 11.1. The number of nitrogens with zero attached hydrogens (tertiary/aromatic N) is 1. The summed E-state index contributed by atoms with van der Waals surface area (Å²) in [4.78, 5) is 6.05. The van der Waals surface area contributed by atoms with E-state index in [1.807, 2.05) is 24.5 Å². The molecule has 0 atom stereocenters. The SMILES string of the molecule is S=c1[nH]cc(Cn2ccc3cccc(Cl)c32)[nH]1. The van der Waals surface area contributed by atoms with Crippen molar-refractivity contribution in [1.29, 1.82) is 0 Å². The van der Waals surface area contributed by atoms with Crippen LogP contribution < -0.4 is 0 Å². The Morgan fingerprint density at radius 1 is 1.29 bits per heavy atom. The molecule has 3 nitrogen and oxygen atoms in total. The Hall–Kier alpha value is -1.52. The maximum Gasteiger partial charge on any atom is 0.174 e. The Morgan fingerprint density at radius 3 is 2.94 bits per heavy atom. The predicted octanol–water partition coefficient (Wildman–Crippen LogP) is 3.73. The van der Waals surface area contributed by atoms with Gasteiger partial charge in [-0.25, -0.2) is 0 Å². The molecule has 0 bridgehead atoms. The minimum atomic E-state index is 0.641. The fourth-order valence-electron chi connectivity index (χ4n) is 1.99. The lowest BCUT2D eigenvalue weighted by Crippen LogP contribution is -1.98. The maximum atomic E-state index is 6.22. The molecule has 3 aromatic rings. The van der Waals surface area contributed by atoms with Gasteiger partial charge in [-0.15, -0.1) is 0 Å². The lowest BCUT2D eigenvalue weighted by atomic mass is 10.2. The van der Waals surface area contributed by atoms with Crippen LogP contribution >= 0.6 is 23.8 Å². The Morgan fingerprint density at radius 2 is 2.18 bits per heavy atom. The van der Waals surface area contributed by atoms with Crippen molar-refractivity contribution < 1.29 is 0 Å². The molecule has 0 fully saturated rings. The van der Waals surface area contributed by atoms with Crippen molar-refractivity contribution in [2.75, 3.05) is 0 Å². The second-order valence-corrected chi connectivity index (χ2v) is 4.70. The van der Waals surface area contributed by atoms with Crippen molar-refractivity contribution >= 4 is 34.7 Å². The Labute approximate surface area is 108 Å². The molecular weight excluding hydrogens is 254 g/mol. The Balaban J connectivity index is 2.09. The summed E-state index contributed by atoms with van der Waals surface area (Å²) >= 11 is 11.2. The van der Waals surface area contributed by atoms with Crippen LogP contribution in [0.4, 0.5) is 0 Å². The maximum absolute atomic E-state index is 6.22. The van der Waals surface area contributed by atoms with Gasteiger partial charge in [0.2, 0.25) is 0 Å². The summed E-state index contributed by atoms with van der Waals surface area (Å²) in [7, 11) is 0. The number of halogens is 1. The molecule has 0 aliphatic heterocycles. The third-order valence-corrected chi connectivity index (χ3v) is 3.26. The summed E-state index contributed by atoms with van der Waals surface area (Å²) in [5.41, 5.74) is 2.09. The molecule has 0 saturated carbocycles. The summed E-state index contributed by atoms with van der Waals surface area (Å²) in [5, 5.41) is 1.91. The smallest absolute Gasteiger partial charge is 0.174 e. The fraction of sp³-hybridized carbons (Fsp3) is 0.0833. The van der Waals surface area contributed by atoms with Crippen molar-refractivity contribution in [3.05, 3.63) is 52.1 Å². The molecule has 17 heavy (non-hydrogen) atoms. The monoisotopic (exact) mass is 263 g/mol. The van der Waals surface area contributed by atoms with Gasteiger partial charge >= 0.3 is 0 Å². The molecular formula is C12H10ClN3S. The summed E-state index contributed by atoms with van der Waals surface area (Å²) < 4.78 is 2.74. The second kappa shape index (κ2) is 4.05. The van der Waals surface area contributed by atoms with Crippen LogP contribution in [0.5, 0.6) is 0 Å². The fourth-order valence-corrected chi connectivity index (χ4v) is 2.47. The lowest BCUT2D eigenvalue weighted by Gasteiger charge is -2.04. The van der Waals surface area contributed by atoms with Crippen molar-refractivity contribution in [3.8, 4) is 0 Å². The summed E-state index contributed by atoms with van der Waals surface area (Å²) in [6.07, 6.45) is 3.91. The molecule has 5 heteroatoms. The van der Waals surface area contributed by atoms with E-state index in [1.165, 1.54) is 0 Å². The van der Waals surface area contributed by atoms with Gasteiger partial charge in [0.15, 0.2) is 4.77 Å². The van der Waals surface area contributed by atoms with Crippen LogP contribution in [0.25, 0.3) is 10.9 Å². The van der Waals surface area contributed by atoms with Gasteiger partial charge in [0, 0.05) is 17.8 Å². The van der Waals surface area contributed by atoms with E-state index in [4.69, 9.17) is 23.8 Å². The second-order valence-electron chi connectivity index (χ2n) is 3.89. The van der Waals surface area contributed by atoms with E-state index < -0.39 is 0 Å². The van der Waals surface area contributed by atoms with Crippen molar-refractivity contribution in [2.24, 2.45) is 0 Å². The van der Waals surface area contributed by atoms with Gasteiger partial charge in [0.25, 0.3) is 0 Å². The van der Waals surface area contributed by atoms with Crippen molar-refractivity contribution in [2.45, 2.75) is 6.54 Å². The summed E-state index contributed by atoms with van der Waals surface area (Å²) in [5.74, 6) is 0. The first kappa shape index (κ1) is 10.6. The molecule has 2 aromatic heterocycles. The molecule has 2 N–H and O–H groups in total. The summed E-state index contributed by atoms with van der Waals surface area (Å²) in [6.45, 7) is 0.723. The zero-order valence-electron chi connectivity index (χ0n) is 8.90. The van der Waals surface area contributed by atoms with Gasteiger partial charge in [0.05, 0.1) is 22.8 Å². The topological polar surface area (TPSA) is 36.5 Å². The minimum absolute atomic E-state index is 0.641. The number of nitrogens with one attached hydrogen (secondary N) is 2. The third kappa shape index (κ3) is 1.90. The first-order valence-corrected chi connectivity index (χ1v) is 6.02. The van der Waals surface area contributed by atoms with Gasteiger partial charge in [-0.05, 0) is 24.4 Å². The Kier molecular flexibility index (Phi) is 2.53. The van der Waals surface area contributed by atoms with Crippen LogP contribution in [0.1, 0.15) is 5.69 Å². The number of hydrogen-bond acceptors (Lipinski definition) is 1. The van der Waals surface area contributed by atoms with Gasteiger partial charge in [-0.3, -0.25) is 0 Å². The van der Waals surface area contributed by atoms with E-state index in [0.717, 1.165) is 28.2 Å². The van der Waals surface area contributed by atoms with Crippen LogP contribution in [-0.4, -0.2) is 14.5 Å². The highest BCUT2D eigenvalue weighted by atomic mass is 35.5. The van der Waals surface area contributed by atoms with Crippen LogP contribution in [0.3, 0.4) is 0 Å². The molecule has 0 aliphatic rings. The number of rotatable bonds is 2. The van der Waals surface area contributed by atoms with E-state index in [2.05, 4.69) is 26.7 Å². The molecule has 86 valence electrons. The Bertz CT molecular complexity index is 723. The van der Waals surface area contributed by atoms with E-state index in [9.17, 15) is 0 Å². The molecule has 0 unspecified atom stereocenters. The molecule has 0 amide bonds. The first-order chi connectivity index (χ1) is 8.24. The molecule has 0 aliphatic carbocycles. The van der Waals surface area contributed by atoms with E-state index in [1.54, 1.807) is 0 Å². The highest BCUT2D eigenvalue weighted by Gasteiger charge is 2.05. The average molecular weight is 264 g/mol. The predicted molar refractivity (Wildman–Crippen MR) is 72.0 cm³/mol. The summed E-state index contributed by atoms with van der Waals surface area (Å²) in [6, 6.07) is 7.97. The molecule has 0 radical (unpaired) electrons. The number of benzene rings is 1. The van der Waals surface area contributed by atoms with Gasteiger partial charge in [-0.1, -0.05) is 23.7 Å². The highest BCUT2D eigenvalue weighted by Crippen LogP contribution is 2.24. The van der Waals surface area contributed by atoms with Crippen LogP contribution in [0, 0.1) is 4.77 Å². The van der Waals surface area contributed by atoms with Gasteiger partial charge in [0.1, 0.15) is 0 Å². The van der Waals surface area contributed by atoms with Crippen molar-refractivity contribution in [1.82, 2.24) is 14.5 Å². The standard InChI is InChI=1S/C12H10ClN3S/c13-10-3-1-2-8-4-5-16(11(8)10)7-9-6-14-12(17)15-9/h1-6H,7H2,(H2,14,15,17).